The quantitative estimate of drug-likeness (QED) is 0.655. The maximum atomic E-state index is 12.3. The summed E-state index contributed by atoms with van der Waals surface area (Å²) in [5.41, 5.74) is 0.640. The smallest absolute Gasteiger partial charge is 0.240 e. The molecule has 0 saturated heterocycles. The zero-order valence-electron chi connectivity index (χ0n) is 14.3. The van der Waals surface area contributed by atoms with Crippen LogP contribution >= 0.6 is 15.9 Å². The third kappa shape index (κ3) is 5.45. The Morgan fingerprint density at radius 3 is 2.31 bits per heavy atom. The minimum Gasteiger partial charge on any atom is -0.493 e. The van der Waals surface area contributed by atoms with Gasteiger partial charge in [0.2, 0.25) is 15.9 Å². The predicted molar refractivity (Wildman–Crippen MR) is 102 cm³/mol. The number of anilines is 1. The molecule has 0 spiro atoms. The standard InChI is InChI=1S/C17H19BrN2O5S/c1-24-15-8-7-14(11-16(15)25-2)26(22,23)19-10-9-17(21)20-13-5-3-12(18)4-6-13/h3-8,11,19H,9-10H2,1-2H3,(H,20,21). The fraction of sp³-hybridized carbons (Fsp3) is 0.235. The lowest BCUT2D eigenvalue weighted by Gasteiger charge is -2.11. The molecular weight excluding hydrogens is 424 g/mol. The summed E-state index contributed by atoms with van der Waals surface area (Å²) in [5, 5.41) is 2.70. The van der Waals surface area contributed by atoms with Gasteiger partial charge >= 0.3 is 0 Å². The van der Waals surface area contributed by atoms with Gasteiger partial charge in [0.1, 0.15) is 0 Å². The van der Waals surface area contributed by atoms with E-state index in [4.69, 9.17) is 9.47 Å². The molecule has 2 aromatic rings. The molecular formula is C17H19BrN2O5S. The van der Waals surface area contributed by atoms with E-state index in [0.29, 0.717) is 17.2 Å². The number of ether oxygens (including phenoxy) is 2. The second kappa shape index (κ2) is 9.02. The normalized spacial score (nSPS) is 11.0. The zero-order chi connectivity index (χ0) is 19.2. The number of rotatable bonds is 8. The second-order valence-electron chi connectivity index (χ2n) is 5.22. The van der Waals surface area contributed by atoms with Crippen LogP contribution in [0.25, 0.3) is 0 Å². The highest BCUT2D eigenvalue weighted by molar-refractivity contribution is 9.10. The van der Waals surface area contributed by atoms with E-state index in [1.54, 1.807) is 24.3 Å². The van der Waals surface area contributed by atoms with Crippen molar-refractivity contribution in [3.63, 3.8) is 0 Å². The van der Waals surface area contributed by atoms with Crippen molar-refractivity contribution >= 4 is 37.5 Å². The Labute approximate surface area is 160 Å². The van der Waals surface area contributed by atoms with Crippen LogP contribution in [0.1, 0.15) is 6.42 Å². The van der Waals surface area contributed by atoms with Crippen molar-refractivity contribution in [3.8, 4) is 11.5 Å². The summed E-state index contributed by atoms with van der Waals surface area (Å²) in [6.45, 7) is -0.0287. The van der Waals surface area contributed by atoms with E-state index in [1.165, 1.54) is 32.4 Å². The lowest BCUT2D eigenvalue weighted by molar-refractivity contribution is -0.116. The first-order valence-corrected chi connectivity index (χ1v) is 9.90. The molecule has 2 aromatic carbocycles. The fourth-order valence-corrected chi connectivity index (χ4v) is 3.43. The highest BCUT2D eigenvalue weighted by Crippen LogP contribution is 2.29. The Bertz CT molecular complexity index is 869. The third-order valence-corrected chi connectivity index (χ3v) is 5.42. The molecule has 1 amide bonds. The molecule has 26 heavy (non-hydrogen) atoms. The molecule has 0 aromatic heterocycles. The minimum atomic E-state index is -3.76. The maximum absolute atomic E-state index is 12.3. The average Bonchev–Trinajstić information content (AvgIpc) is 2.62. The van der Waals surface area contributed by atoms with Gasteiger partial charge in [-0.3, -0.25) is 4.79 Å². The number of benzene rings is 2. The lowest BCUT2D eigenvalue weighted by Crippen LogP contribution is -2.27. The Balaban J connectivity index is 1.93. The van der Waals surface area contributed by atoms with E-state index in [2.05, 4.69) is 26.0 Å². The number of hydrogen-bond donors (Lipinski definition) is 2. The summed E-state index contributed by atoms with van der Waals surface area (Å²) >= 11 is 3.31. The van der Waals surface area contributed by atoms with E-state index in [9.17, 15) is 13.2 Å². The molecule has 2 rings (SSSR count). The molecule has 140 valence electrons. The maximum Gasteiger partial charge on any atom is 0.240 e. The van der Waals surface area contributed by atoms with Crippen LogP contribution in [0.5, 0.6) is 11.5 Å². The molecule has 0 unspecified atom stereocenters. The van der Waals surface area contributed by atoms with Crippen molar-refractivity contribution in [2.45, 2.75) is 11.3 Å². The molecule has 0 radical (unpaired) electrons. The Morgan fingerprint density at radius 1 is 1.04 bits per heavy atom. The molecule has 0 aliphatic carbocycles. The Hall–Kier alpha value is -2.10. The summed E-state index contributed by atoms with van der Waals surface area (Å²) in [6, 6.07) is 11.4. The van der Waals surface area contributed by atoms with Gasteiger partial charge in [-0.2, -0.15) is 0 Å². The predicted octanol–water partition coefficient (Wildman–Crippen LogP) is 2.77. The SMILES string of the molecule is COc1ccc(S(=O)(=O)NCCC(=O)Nc2ccc(Br)cc2)cc1OC. The summed E-state index contributed by atoms with van der Waals surface area (Å²) in [7, 11) is -0.872. The highest BCUT2D eigenvalue weighted by atomic mass is 79.9. The molecule has 2 N–H and O–H groups in total. The summed E-state index contributed by atoms with van der Waals surface area (Å²) in [4.78, 5) is 11.9. The van der Waals surface area contributed by atoms with Gasteiger partial charge in [0.25, 0.3) is 0 Å². The van der Waals surface area contributed by atoms with Crippen molar-refractivity contribution in [1.29, 1.82) is 0 Å². The van der Waals surface area contributed by atoms with Gasteiger partial charge in [0, 0.05) is 29.2 Å². The van der Waals surface area contributed by atoms with Crippen molar-refractivity contribution in [1.82, 2.24) is 4.72 Å². The number of amides is 1. The van der Waals surface area contributed by atoms with Crippen LogP contribution in [0.4, 0.5) is 5.69 Å². The van der Waals surface area contributed by atoms with Crippen LogP contribution in [0.15, 0.2) is 51.8 Å². The van der Waals surface area contributed by atoms with Crippen LogP contribution in [0.3, 0.4) is 0 Å². The highest BCUT2D eigenvalue weighted by Gasteiger charge is 2.17. The van der Waals surface area contributed by atoms with Crippen molar-refractivity contribution in [3.05, 3.63) is 46.9 Å². The molecule has 9 heteroatoms. The number of methoxy groups -OCH3 is 2. The van der Waals surface area contributed by atoms with E-state index >= 15 is 0 Å². The van der Waals surface area contributed by atoms with E-state index in [-0.39, 0.29) is 23.8 Å². The molecule has 7 nitrogen and oxygen atoms in total. The number of sulfonamides is 1. The van der Waals surface area contributed by atoms with Gasteiger partial charge in [-0.05, 0) is 36.4 Å². The molecule has 0 heterocycles. The first kappa shape index (κ1) is 20.2. The summed E-state index contributed by atoms with van der Waals surface area (Å²) in [5.74, 6) is 0.450. The first-order valence-electron chi connectivity index (χ1n) is 7.63. The van der Waals surface area contributed by atoms with Crippen LogP contribution in [0, 0.1) is 0 Å². The number of carbonyl (C=O) groups excluding carboxylic acids is 1. The second-order valence-corrected chi connectivity index (χ2v) is 7.90. The number of halogens is 1. The average molecular weight is 443 g/mol. The molecule has 0 aliphatic rings. The van der Waals surface area contributed by atoms with Gasteiger partial charge in [-0.1, -0.05) is 15.9 Å². The Kier molecular flexibility index (Phi) is 7.01. The molecule has 0 saturated carbocycles. The van der Waals surface area contributed by atoms with Crippen LogP contribution in [0.2, 0.25) is 0 Å². The summed E-state index contributed by atoms with van der Waals surface area (Å²) < 4.78 is 38.2. The van der Waals surface area contributed by atoms with Gasteiger partial charge < -0.3 is 14.8 Å². The minimum absolute atomic E-state index is 0.00256. The Morgan fingerprint density at radius 2 is 1.69 bits per heavy atom. The topological polar surface area (TPSA) is 93.7 Å². The van der Waals surface area contributed by atoms with Crippen LogP contribution in [-0.2, 0) is 14.8 Å². The lowest BCUT2D eigenvalue weighted by atomic mass is 10.3. The van der Waals surface area contributed by atoms with Gasteiger partial charge in [0.15, 0.2) is 11.5 Å². The molecule has 0 bridgehead atoms. The van der Waals surface area contributed by atoms with E-state index in [0.717, 1.165) is 4.47 Å². The summed E-state index contributed by atoms with van der Waals surface area (Å²) in [6.07, 6.45) is 0.00256. The first-order chi connectivity index (χ1) is 12.4. The van der Waals surface area contributed by atoms with Crippen LogP contribution in [-0.4, -0.2) is 35.1 Å². The van der Waals surface area contributed by atoms with Crippen molar-refractivity contribution in [2.75, 3.05) is 26.1 Å². The van der Waals surface area contributed by atoms with Crippen molar-refractivity contribution in [2.24, 2.45) is 0 Å². The fourth-order valence-electron chi connectivity index (χ4n) is 2.12. The molecule has 0 aliphatic heterocycles. The van der Waals surface area contributed by atoms with Crippen LogP contribution < -0.4 is 19.5 Å². The molecule has 0 fully saturated rings. The number of hydrogen-bond acceptors (Lipinski definition) is 5. The molecule has 0 atom stereocenters. The van der Waals surface area contributed by atoms with E-state index in [1.807, 2.05) is 0 Å². The van der Waals surface area contributed by atoms with E-state index < -0.39 is 10.0 Å². The number of nitrogens with one attached hydrogen (secondary N) is 2. The van der Waals surface area contributed by atoms with Crippen molar-refractivity contribution < 1.29 is 22.7 Å². The van der Waals surface area contributed by atoms with Gasteiger partial charge in [-0.15, -0.1) is 0 Å². The largest absolute Gasteiger partial charge is 0.493 e. The number of carbonyl (C=O) groups is 1. The monoisotopic (exact) mass is 442 g/mol. The van der Waals surface area contributed by atoms with Gasteiger partial charge in [-0.25, -0.2) is 13.1 Å². The zero-order valence-corrected chi connectivity index (χ0v) is 16.7. The van der Waals surface area contributed by atoms with Gasteiger partial charge in [0.05, 0.1) is 19.1 Å². The third-order valence-electron chi connectivity index (χ3n) is 3.44.